The lowest BCUT2D eigenvalue weighted by atomic mass is 10.1. The first-order valence-corrected chi connectivity index (χ1v) is 8.13. The van der Waals surface area contributed by atoms with Crippen LogP contribution in [-0.4, -0.2) is 21.0 Å². The van der Waals surface area contributed by atoms with Gasteiger partial charge in [0.2, 0.25) is 0 Å². The molecule has 0 spiro atoms. The number of hydrogen-bond acceptors (Lipinski definition) is 5. The molecule has 3 aromatic rings. The first-order chi connectivity index (χ1) is 12.8. The number of hydrogen-bond donors (Lipinski definition) is 1. The highest BCUT2D eigenvalue weighted by Gasteiger charge is 2.31. The van der Waals surface area contributed by atoms with Crippen LogP contribution in [0.15, 0.2) is 45.7 Å². The lowest BCUT2D eigenvalue weighted by Gasteiger charge is -2.07. The fraction of sp³-hybridized carbons (Fsp3) is 0.125. The van der Waals surface area contributed by atoms with E-state index in [2.05, 4.69) is 36.4 Å². The average Bonchev–Trinajstić information content (AvgIpc) is 3.08. The summed E-state index contributed by atoms with van der Waals surface area (Å²) in [6, 6.07) is 5.09. The van der Waals surface area contributed by atoms with Gasteiger partial charge in [-0.05, 0) is 46.3 Å². The maximum absolute atomic E-state index is 13.9. The molecule has 2 aromatic heterocycles. The van der Waals surface area contributed by atoms with Gasteiger partial charge in [-0.1, -0.05) is 5.16 Å². The molecule has 0 atom stereocenters. The first kappa shape index (κ1) is 19.0. The Morgan fingerprint density at radius 2 is 2.04 bits per heavy atom. The quantitative estimate of drug-likeness (QED) is 0.486. The van der Waals surface area contributed by atoms with Crippen LogP contribution in [0.1, 0.15) is 21.7 Å². The zero-order valence-corrected chi connectivity index (χ0v) is 14.8. The number of carbonyl (C=O) groups is 1. The minimum Gasteiger partial charge on any atom is -0.345 e. The van der Waals surface area contributed by atoms with Crippen LogP contribution in [0.2, 0.25) is 0 Å². The second-order valence-corrected chi connectivity index (χ2v) is 5.98. The van der Waals surface area contributed by atoms with Crippen LogP contribution in [-0.2, 0) is 12.7 Å². The Kier molecular flexibility index (Phi) is 5.22. The third-order valence-electron chi connectivity index (χ3n) is 3.41. The van der Waals surface area contributed by atoms with E-state index in [1.165, 1.54) is 6.20 Å². The van der Waals surface area contributed by atoms with E-state index in [0.29, 0.717) is 16.7 Å². The summed E-state index contributed by atoms with van der Waals surface area (Å²) in [5, 5.41) is 6.10. The summed E-state index contributed by atoms with van der Waals surface area (Å²) in [4.78, 5) is 19.9. The van der Waals surface area contributed by atoms with Crippen molar-refractivity contribution in [2.24, 2.45) is 0 Å². The van der Waals surface area contributed by atoms with Crippen molar-refractivity contribution in [1.82, 2.24) is 20.4 Å². The second-order valence-electron chi connectivity index (χ2n) is 5.23. The average molecular weight is 445 g/mol. The van der Waals surface area contributed by atoms with Crippen molar-refractivity contribution in [3.8, 4) is 11.5 Å². The molecule has 1 amide bonds. The fourth-order valence-corrected chi connectivity index (χ4v) is 2.54. The van der Waals surface area contributed by atoms with E-state index in [0.717, 1.165) is 6.07 Å². The number of rotatable bonds is 4. The molecule has 0 aliphatic heterocycles. The van der Waals surface area contributed by atoms with Crippen molar-refractivity contribution in [2.75, 3.05) is 0 Å². The van der Waals surface area contributed by atoms with Gasteiger partial charge in [0.05, 0.1) is 23.2 Å². The lowest BCUT2D eigenvalue weighted by Crippen LogP contribution is -2.24. The van der Waals surface area contributed by atoms with Crippen molar-refractivity contribution in [3.63, 3.8) is 0 Å². The molecule has 11 heteroatoms. The van der Waals surface area contributed by atoms with Gasteiger partial charge in [-0.25, -0.2) is 9.37 Å². The Balaban J connectivity index is 1.72. The van der Waals surface area contributed by atoms with E-state index in [1.54, 1.807) is 12.1 Å². The third kappa shape index (κ3) is 4.30. The van der Waals surface area contributed by atoms with E-state index in [9.17, 15) is 22.4 Å². The molecule has 0 saturated carbocycles. The largest absolute Gasteiger partial charge is 0.416 e. The highest BCUT2D eigenvalue weighted by molar-refractivity contribution is 9.10. The van der Waals surface area contributed by atoms with Gasteiger partial charge < -0.3 is 9.84 Å². The van der Waals surface area contributed by atoms with Crippen LogP contribution >= 0.6 is 15.9 Å². The normalized spacial score (nSPS) is 11.4. The standard InChI is InChI=1S/C16H9BrF4N4O2/c17-13-10(2-1-5-22-13)14(26)23-7-12-24-15(27-25-12)9-4-3-8(6-11(9)18)16(19,20)21/h1-6H,7H2,(H,23,26). The van der Waals surface area contributed by atoms with Crippen molar-refractivity contribution in [3.05, 3.63) is 63.9 Å². The van der Waals surface area contributed by atoms with Crippen LogP contribution in [0.5, 0.6) is 0 Å². The summed E-state index contributed by atoms with van der Waals surface area (Å²) in [5.41, 5.74) is -1.11. The maximum atomic E-state index is 13.9. The Morgan fingerprint density at radius 3 is 2.70 bits per heavy atom. The molecule has 0 bridgehead atoms. The van der Waals surface area contributed by atoms with Crippen LogP contribution < -0.4 is 5.32 Å². The van der Waals surface area contributed by atoms with Gasteiger partial charge >= 0.3 is 6.18 Å². The van der Waals surface area contributed by atoms with Gasteiger partial charge in [0, 0.05) is 6.20 Å². The predicted molar refractivity (Wildman–Crippen MR) is 87.8 cm³/mol. The second kappa shape index (κ2) is 7.43. The summed E-state index contributed by atoms with van der Waals surface area (Å²) in [6.07, 6.45) is -3.16. The summed E-state index contributed by atoms with van der Waals surface area (Å²) in [5.74, 6) is -1.88. The monoisotopic (exact) mass is 444 g/mol. The Labute approximate surface area is 157 Å². The van der Waals surface area contributed by atoms with Gasteiger partial charge in [-0.3, -0.25) is 4.79 Å². The number of nitrogens with one attached hydrogen (secondary N) is 1. The van der Waals surface area contributed by atoms with Gasteiger partial charge in [-0.15, -0.1) is 0 Å². The van der Waals surface area contributed by atoms with E-state index < -0.39 is 23.5 Å². The highest BCUT2D eigenvalue weighted by atomic mass is 79.9. The van der Waals surface area contributed by atoms with Gasteiger partial charge in [0.1, 0.15) is 10.4 Å². The van der Waals surface area contributed by atoms with Crippen molar-refractivity contribution < 1.29 is 26.9 Å². The van der Waals surface area contributed by atoms with Crippen LogP contribution in [0.25, 0.3) is 11.5 Å². The summed E-state index contributed by atoms with van der Waals surface area (Å²) in [6.45, 7) is -0.133. The fourth-order valence-electron chi connectivity index (χ4n) is 2.11. The Hall–Kier alpha value is -2.82. The van der Waals surface area contributed by atoms with Crippen molar-refractivity contribution in [1.29, 1.82) is 0 Å². The highest BCUT2D eigenvalue weighted by Crippen LogP contribution is 2.32. The zero-order valence-electron chi connectivity index (χ0n) is 13.2. The molecular weight excluding hydrogens is 436 g/mol. The van der Waals surface area contributed by atoms with E-state index in [4.69, 9.17) is 4.52 Å². The Bertz CT molecular complexity index is 991. The number of amides is 1. The molecule has 0 aliphatic carbocycles. The van der Waals surface area contributed by atoms with Crippen molar-refractivity contribution >= 4 is 21.8 Å². The number of pyridine rings is 1. The SMILES string of the molecule is O=C(NCc1noc(-c2ccc(C(F)(F)F)cc2F)n1)c1cccnc1Br. The third-order valence-corrected chi connectivity index (χ3v) is 4.04. The molecule has 0 fully saturated rings. The molecule has 6 nitrogen and oxygen atoms in total. The molecule has 0 radical (unpaired) electrons. The Morgan fingerprint density at radius 1 is 1.26 bits per heavy atom. The minimum atomic E-state index is -4.66. The van der Waals surface area contributed by atoms with Crippen LogP contribution in [0, 0.1) is 5.82 Å². The smallest absolute Gasteiger partial charge is 0.345 e. The molecular formula is C16H9BrF4N4O2. The van der Waals surface area contributed by atoms with E-state index in [1.807, 2.05) is 0 Å². The number of aromatic nitrogens is 3. The number of halogens is 5. The van der Waals surface area contributed by atoms with Crippen LogP contribution in [0.4, 0.5) is 17.6 Å². The van der Waals surface area contributed by atoms with Gasteiger partial charge in [-0.2, -0.15) is 18.2 Å². The van der Waals surface area contributed by atoms with Gasteiger partial charge in [0.25, 0.3) is 11.8 Å². The molecule has 2 heterocycles. The van der Waals surface area contributed by atoms with Gasteiger partial charge in [0.15, 0.2) is 5.82 Å². The molecule has 0 saturated heterocycles. The maximum Gasteiger partial charge on any atom is 0.416 e. The number of carbonyl (C=O) groups excluding carboxylic acids is 1. The minimum absolute atomic E-state index is 0.0256. The number of benzene rings is 1. The molecule has 3 rings (SSSR count). The molecule has 1 N–H and O–H groups in total. The molecule has 1 aromatic carbocycles. The first-order valence-electron chi connectivity index (χ1n) is 7.34. The zero-order chi connectivity index (χ0) is 19.6. The van der Waals surface area contributed by atoms with Crippen LogP contribution in [0.3, 0.4) is 0 Å². The van der Waals surface area contributed by atoms with E-state index >= 15 is 0 Å². The molecule has 0 unspecified atom stereocenters. The van der Waals surface area contributed by atoms with E-state index in [-0.39, 0.29) is 29.4 Å². The molecule has 140 valence electrons. The predicted octanol–water partition coefficient (Wildman–Crippen LogP) is 3.98. The summed E-state index contributed by atoms with van der Waals surface area (Å²) >= 11 is 3.14. The van der Waals surface area contributed by atoms with Crippen molar-refractivity contribution in [2.45, 2.75) is 12.7 Å². The summed E-state index contributed by atoms with van der Waals surface area (Å²) in [7, 11) is 0. The number of nitrogens with zero attached hydrogens (tertiary/aromatic N) is 3. The molecule has 0 aliphatic rings. The number of alkyl halides is 3. The summed E-state index contributed by atoms with van der Waals surface area (Å²) < 4.78 is 56.9. The molecule has 27 heavy (non-hydrogen) atoms. The topological polar surface area (TPSA) is 80.9 Å². The lowest BCUT2D eigenvalue weighted by molar-refractivity contribution is -0.137.